The SMILES string of the molecule is Fc1cc(Cl)c(NNc2c(Cl)cccc2Cl)c(Cl)c1. The Morgan fingerprint density at radius 1 is 0.737 bits per heavy atom. The molecule has 0 saturated heterocycles. The van der Waals surface area contributed by atoms with Gasteiger partial charge in [-0.2, -0.15) is 0 Å². The molecule has 2 aromatic rings. The maximum atomic E-state index is 13.0. The highest BCUT2D eigenvalue weighted by Crippen LogP contribution is 2.34. The number of nitrogens with one attached hydrogen (secondary N) is 2. The lowest BCUT2D eigenvalue weighted by Gasteiger charge is -2.14. The summed E-state index contributed by atoms with van der Waals surface area (Å²) in [6.45, 7) is 0. The Balaban J connectivity index is 2.24. The van der Waals surface area contributed by atoms with Gasteiger partial charge in [0.1, 0.15) is 5.82 Å². The molecule has 0 saturated carbocycles. The Bertz CT molecular complexity index is 575. The van der Waals surface area contributed by atoms with E-state index in [2.05, 4.69) is 10.9 Å². The average molecular weight is 340 g/mol. The lowest BCUT2D eigenvalue weighted by atomic mass is 10.3. The molecule has 2 aromatic carbocycles. The summed E-state index contributed by atoms with van der Waals surface area (Å²) in [6, 6.07) is 7.35. The van der Waals surface area contributed by atoms with E-state index in [1.807, 2.05) is 0 Å². The molecule has 0 heterocycles. The van der Waals surface area contributed by atoms with Crippen LogP contribution in [0.3, 0.4) is 0 Å². The topological polar surface area (TPSA) is 24.1 Å². The van der Waals surface area contributed by atoms with E-state index in [4.69, 9.17) is 46.4 Å². The van der Waals surface area contributed by atoms with Crippen molar-refractivity contribution < 1.29 is 4.39 Å². The van der Waals surface area contributed by atoms with Gasteiger partial charge in [0.05, 0.1) is 31.5 Å². The Kier molecular flexibility index (Phi) is 4.63. The molecule has 0 bridgehead atoms. The maximum absolute atomic E-state index is 13.0. The Morgan fingerprint density at radius 3 is 1.63 bits per heavy atom. The highest BCUT2D eigenvalue weighted by Gasteiger charge is 2.10. The van der Waals surface area contributed by atoms with Crippen molar-refractivity contribution in [2.24, 2.45) is 0 Å². The highest BCUT2D eigenvalue weighted by atomic mass is 35.5. The molecule has 0 atom stereocenters. The van der Waals surface area contributed by atoms with Gasteiger partial charge in [-0.15, -0.1) is 0 Å². The van der Waals surface area contributed by atoms with Gasteiger partial charge in [-0.3, -0.25) is 10.9 Å². The molecular weight excluding hydrogens is 333 g/mol. The van der Waals surface area contributed by atoms with Gasteiger partial charge in [-0.05, 0) is 24.3 Å². The van der Waals surface area contributed by atoms with Crippen molar-refractivity contribution >= 4 is 57.8 Å². The van der Waals surface area contributed by atoms with Crippen molar-refractivity contribution in [1.29, 1.82) is 0 Å². The standard InChI is InChI=1S/C12H7Cl4FN2/c13-7-2-1-3-8(14)11(7)18-19-12-9(15)4-6(17)5-10(12)16/h1-5,18-19H. The number of hydrogen-bond acceptors (Lipinski definition) is 2. The number of para-hydroxylation sites is 1. The van der Waals surface area contributed by atoms with Gasteiger partial charge in [0.15, 0.2) is 0 Å². The lowest BCUT2D eigenvalue weighted by Crippen LogP contribution is -2.10. The maximum Gasteiger partial charge on any atom is 0.126 e. The van der Waals surface area contributed by atoms with Crippen LogP contribution in [0.4, 0.5) is 15.8 Å². The van der Waals surface area contributed by atoms with Gasteiger partial charge in [0.25, 0.3) is 0 Å². The molecule has 7 heteroatoms. The van der Waals surface area contributed by atoms with Crippen LogP contribution in [0.2, 0.25) is 20.1 Å². The van der Waals surface area contributed by atoms with Crippen molar-refractivity contribution in [2.45, 2.75) is 0 Å². The summed E-state index contributed by atoms with van der Waals surface area (Å²) in [7, 11) is 0. The highest BCUT2D eigenvalue weighted by molar-refractivity contribution is 6.40. The summed E-state index contributed by atoms with van der Waals surface area (Å²) in [6.07, 6.45) is 0. The second kappa shape index (κ2) is 6.06. The van der Waals surface area contributed by atoms with Crippen LogP contribution in [0, 0.1) is 5.82 Å². The predicted octanol–water partition coefficient (Wildman–Crippen LogP) is 5.88. The van der Waals surface area contributed by atoms with E-state index < -0.39 is 5.82 Å². The molecular formula is C12H7Cl4FN2. The van der Waals surface area contributed by atoms with E-state index in [0.717, 1.165) is 12.1 Å². The molecule has 0 spiro atoms. The first-order valence-electron chi connectivity index (χ1n) is 5.09. The fourth-order valence-electron chi connectivity index (χ4n) is 1.40. The number of hydrogen-bond donors (Lipinski definition) is 2. The Morgan fingerprint density at radius 2 is 1.16 bits per heavy atom. The molecule has 100 valence electrons. The van der Waals surface area contributed by atoms with Crippen LogP contribution in [0.15, 0.2) is 30.3 Å². The monoisotopic (exact) mass is 338 g/mol. The summed E-state index contributed by atoms with van der Waals surface area (Å²) in [5.41, 5.74) is 6.36. The van der Waals surface area contributed by atoms with Crippen LogP contribution in [0.5, 0.6) is 0 Å². The minimum Gasteiger partial charge on any atom is -0.298 e. The molecule has 2 N–H and O–H groups in total. The van der Waals surface area contributed by atoms with Crippen molar-refractivity contribution in [1.82, 2.24) is 0 Å². The van der Waals surface area contributed by atoms with E-state index in [1.54, 1.807) is 18.2 Å². The van der Waals surface area contributed by atoms with E-state index in [0.29, 0.717) is 21.4 Å². The smallest absolute Gasteiger partial charge is 0.126 e. The third kappa shape index (κ3) is 3.37. The third-order valence-electron chi connectivity index (χ3n) is 2.28. The Hall–Kier alpha value is -0.870. The number of hydrazine groups is 1. The van der Waals surface area contributed by atoms with Crippen LogP contribution in [0.1, 0.15) is 0 Å². The van der Waals surface area contributed by atoms with Crippen LogP contribution < -0.4 is 10.9 Å². The minimum absolute atomic E-state index is 0.140. The Labute approximate surface area is 129 Å². The molecule has 0 radical (unpaired) electrons. The van der Waals surface area contributed by atoms with E-state index >= 15 is 0 Å². The molecule has 0 aromatic heterocycles. The molecule has 0 aliphatic rings. The van der Waals surface area contributed by atoms with Gasteiger partial charge in [-0.25, -0.2) is 4.39 Å². The predicted molar refractivity (Wildman–Crippen MR) is 80.1 cm³/mol. The molecule has 0 aliphatic heterocycles. The van der Waals surface area contributed by atoms with Crippen molar-refractivity contribution in [3.63, 3.8) is 0 Å². The number of halogens is 5. The van der Waals surface area contributed by atoms with Gasteiger partial charge < -0.3 is 0 Å². The molecule has 0 aliphatic carbocycles. The fourth-order valence-corrected chi connectivity index (χ4v) is 2.45. The van der Waals surface area contributed by atoms with Crippen molar-refractivity contribution in [2.75, 3.05) is 10.9 Å². The summed E-state index contributed by atoms with van der Waals surface area (Å²) < 4.78 is 13.0. The van der Waals surface area contributed by atoms with Crippen LogP contribution >= 0.6 is 46.4 Å². The summed E-state index contributed by atoms with van der Waals surface area (Å²) in [4.78, 5) is 0. The number of rotatable bonds is 3. The van der Waals surface area contributed by atoms with Gasteiger partial charge in [-0.1, -0.05) is 52.5 Å². The average Bonchev–Trinajstić information content (AvgIpc) is 2.31. The zero-order chi connectivity index (χ0) is 14.0. The van der Waals surface area contributed by atoms with E-state index in [9.17, 15) is 4.39 Å². The van der Waals surface area contributed by atoms with Crippen molar-refractivity contribution in [3.05, 3.63) is 56.2 Å². The first-order chi connectivity index (χ1) is 8.99. The fraction of sp³-hybridized carbons (Fsp3) is 0. The molecule has 0 unspecified atom stereocenters. The zero-order valence-electron chi connectivity index (χ0n) is 9.28. The molecule has 0 fully saturated rings. The number of benzene rings is 2. The third-order valence-corrected chi connectivity index (χ3v) is 3.51. The van der Waals surface area contributed by atoms with Crippen LogP contribution in [-0.2, 0) is 0 Å². The quantitative estimate of drug-likeness (QED) is 0.682. The minimum atomic E-state index is -0.517. The van der Waals surface area contributed by atoms with Gasteiger partial charge >= 0.3 is 0 Å². The van der Waals surface area contributed by atoms with Crippen LogP contribution in [0.25, 0.3) is 0 Å². The van der Waals surface area contributed by atoms with E-state index in [-0.39, 0.29) is 10.0 Å². The summed E-state index contributed by atoms with van der Waals surface area (Å²) in [5.74, 6) is -0.517. The zero-order valence-corrected chi connectivity index (χ0v) is 12.3. The molecule has 0 amide bonds. The molecule has 2 rings (SSSR count). The normalized spacial score (nSPS) is 10.4. The first kappa shape index (κ1) is 14.5. The largest absolute Gasteiger partial charge is 0.298 e. The number of anilines is 2. The van der Waals surface area contributed by atoms with Crippen LogP contribution in [-0.4, -0.2) is 0 Å². The second-order valence-corrected chi connectivity index (χ2v) is 5.22. The summed E-state index contributed by atoms with van der Waals surface area (Å²) >= 11 is 23.8. The van der Waals surface area contributed by atoms with Crippen molar-refractivity contribution in [3.8, 4) is 0 Å². The lowest BCUT2D eigenvalue weighted by molar-refractivity contribution is 0.628. The van der Waals surface area contributed by atoms with Gasteiger partial charge in [0, 0.05) is 0 Å². The second-order valence-electron chi connectivity index (χ2n) is 3.59. The molecule has 19 heavy (non-hydrogen) atoms. The summed E-state index contributed by atoms with van der Waals surface area (Å²) in [5, 5.41) is 1.13. The van der Waals surface area contributed by atoms with E-state index in [1.165, 1.54) is 0 Å². The van der Waals surface area contributed by atoms with Gasteiger partial charge in [0.2, 0.25) is 0 Å². The first-order valence-corrected chi connectivity index (χ1v) is 6.61. The molecule has 2 nitrogen and oxygen atoms in total.